The number of hydrogen-bond acceptors (Lipinski definition) is 3. The highest BCUT2D eigenvalue weighted by molar-refractivity contribution is 5.37. The molecule has 4 rings (SSSR count). The van der Waals surface area contributed by atoms with Gasteiger partial charge < -0.3 is 4.74 Å². The zero-order valence-electron chi connectivity index (χ0n) is 15.5. The van der Waals surface area contributed by atoms with E-state index >= 15 is 0 Å². The maximum absolute atomic E-state index is 13.2. The number of methoxy groups -OCH3 is 1. The molecule has 0 saturated carbocycles. The van der Waals surface area contributed by atoms with Crippen LogP contribution in [0.15, 0.2) is 42.5 Å². The normalized spacial score (nSPS) is 20.9. The molecule has 0 N–H and O–H groups in total. The topological polar surface area (TPSA) is 15.7 Å². The second kappa shape index (κ2) is 7.77. The second-order valence-corrected chi connectivity index (χ2v) is 7.46. The lowest BCUT2D eigenvalue weighted by Gasteiger charge is -2.41. The Labute approximate surface area is 155 Å². The minimum absolute atomic E-state index is 0.165. The average molecular weight is 354 g/mol. The first-order chi connectivity index (χ1) is 12.7. The number of benzene rings is 2. The van der Waals surface area contributed by atoms with E-state index in [1.807, 2.05) is 12.1 Å². The molecule has 2 aromatic rings. The maximum atomic E-state index is 13.2. The Kier molecular flexibility index (Phi) is 5.23. The number of likely N-dealkylation sites (tertiary alicyclic amines) is 2. The predicted octanol–water partition coefficient (Wildman–Crippen LogP) is 4.38. The van der Waals surface area contributed by atoms with Crippen LogP contribution in [0.4, 0.5) is 4.39 Å². The van der Waals surface area contributed by atoms with Gasteiger partial charge in [-0.3, -0.25) is 9.80 Å². The van der Waals surface area contributed by atoms with Gasteiger partial charge in [-0.1, -0.05) is 18.2 Å². The number of hydrogen-bond donors (Lipinski definition) is 0. The number of rotatable bonds is 6. The summed E-state index contributed by atoms with van der Waals surface area (Å²) < 4.78 is 18.8. The van der Waals surface area contributed by atoms with E-state index in [1.165, 1.54) is 42.6 Å². The summed E-state index contributed by atoms with van der Waals surface area (Å²) in [5, 5.41) is 0. The average Bonchev–Trinajstić information content (AvgIpc) is 3.14. The molecule has 2 aliphatic heterocycles. The maximum Gasteiger partial charge on any atom is 0.123 e. The van der Waals surface area contributed by atoms with E-state index in [2.05, 4.69) is 28.0 Å². The molecule has 2 aromatic carbocycles. The van der Waals surface area contributed by atoms with Crippen molar-refractivity contribution in [2.45, 2.75) is 38.4 Å². The van der Waals surface area contributed by atoms with Crippen molar-refractivity contribution in [1.82, 2.24) is 9.80 Å². The zero-order chi connectivity index (χ0) is 17.9. The van der Waals surface area contributed by atoms with Gasteiger partial charge in [0.25, 0.3) is 0 Å². The Hall–Kier alpha value is -1.91. The number of ether oxygens (including phenoxy) is 1. The van der Waals surface area contributed by atoms with Crippen molar-refractivity contribution in [2.24, 2.45) is 0 Å². The molecular weight excluding hydrogens is 327 g/mol. The van der Waals surface area contributed by atoms with E-state index in [0.717, 1.165) is 31.8 Å². The van der Waals surface area contributed by atoms with Gasteiger partial charge in [0.1, 0.15) is 11.6 Å². The molecular formula is C22H27FN2O. The van der Waals surface area contributed by atoms with Crippen LogP contribution in [-0.4, -0.2) is 36.5 Å². The summed E-state index contributed by atoms with van der Waals surface area (Å²) in [5.74, 6) is 0.820. The molecule has 0 radical (unpaired) electrons. The fourth-order valence-corrected chi connectivity index (χ4v) is 4.16. The van der Waals surface area contributed by atoms with Crippen molar-refractivity contribution in [3.8, 4) is 5.75 Å². The summed E-state index contributed by atoms with van der Waals surface area (Å²) in [6.07, 6.45) is 3.74. The van der Waals surface area contributed by atoms with Crippen molar-refractivity contribution in [1.29, 1.82) is 0 Å². The van der Waals surface area contributed by atoms with E-state index in [0.29, 0.717) is 6.04 Å². The highest BCUT2D eigenvalue weighted by Crippen LogP contribution is 2.35. The lowest BCUT2D eigenvalue weighted by atomic mass is 9.93. The fraction of sp³-hybridized carbons (Fsp3) is 0.455. The van der Waals surface area contributed by atoms with Gasteiger partial charge in [-0.15, -0.1) is 0 Å². The van der Waals surface area contributed by atoms with Crippen molar-refractivity contribution >= 4 is 0 Å². The molecule has 0 aromatic heterocycles. The number of nitrogens with zero attached hydrogens (tertiary/aromatic N) is 2. The van der Waals surface area contributed by atoms with Gasteiger partial charge in [-0.05, 0) is 67.7 Å². The summed E-state index contributed by atoms with van der Waals surface area (Å²) >= 11 is 0. The summed E-state index contributed by atoms with van der Waals surface area (Å²) in [6, 6.07) is 13.9. The van der Waals surface area contributed by atoms with E-state index in [9.17, 15) is 4.39 Å². The number of halogens is 1. The van der Waals surface area contributed by atoms with Crippen LogP contribution in [0.1, 0.15) is 42.0 Å². The summed E-state index contributed by atoms with van der Waals surface area (Å²) in [5.41, 5.74) is 3.82. The molecule has 0 unspecified atom stereocenters. The highest BCUT2D eigenvalue weighted by Gasteiger charge is 2.29. The predicted molar refractivity (Wildman–Crippen MR) is 102 cm³/mol. The van der Waals surface area contributed by atoms with Crippen LogP contribution < -0.4 is 4.74 Å². The lowest BCUT2D eigenvalue weighted by Crippen LogP contribution is -2.40. The molecule has 26 heavy (non-hydrogen) atoms. The first kappa shape index (κ1) is 17.5. The highest BCUT2D eigenvalue weighted by atomic mass is 19.1. The fourth-order valence-electron chi connectivity index (χ4n) is 4.16. The molecule has 0 amide bonds. The Morgan fingerprint density at radius 1 is 1.00 bits per heavy atom. The molecule has 3 nitrogen and oxygen atoms in total. The Bertz CT molecular complexity index is 740. The Morgan fingerprint density at radius 3 is 2.42 bits per heavy atom. The molecule has 138 valence electrons. The van der Waals surface area contributed by atoms with Gasteiger partial charge in [0, 0.05) is 31.2 Å². The third-order valence-electron chi connectivity index (χ3n) is 5.71. The summed E-state index contributed by atoms with van der Waals surface area (Å²) in [7, 11) is 1.75. The van der Waals surface area contributed by atoms with Crippen LogP contribution in [-0.2, 0) is 13.1 Å². The molecule has 2 saturated heterocycles. The largest absolute Gasteiger partial charge is 0.496 e. The molecule has 2 aliphatic rings. The first-order valence-corrected chi connectivity index (χ1v) is 9.60. The van der Waals surface area contributed by atoms with E-state index < -0.39 is 0 Å². The van der Waals surface area contributed by atoms with Gasteiger partial charge in [0.05, 0.1) is 7.11 Å². The molecule has 1 atom stereocenters. The molecule has 0 spiro atoms. The summed E-state index contributed by atoms with van der Waals surface area (Å²) in [4.78, 5) is 4.97. The van der Waals surface area contributed by atoms with Crippen molar-refractivity contribution in [2.75, 3.05) is 26.7 Å². The molecule has 4 heteroatoms. The zero-order valence-corrected chi connectivity index (χ0v) is 15.5. The van der Waals surface area contributed by atoms with Crippen LogP contribution in [0.25, 0.3) is 0 Å². The molecule has 2 fully saturated rings. The van der Waals surface area contributed by atoms with E-state index in [-0.39, 0.29) is 5.82 Å². The quantitative estimate of drug-likeness (QED) is 0.766. The van der Waals surface area contributed by atoms with Crippen LogP contribution in [0, 0.1) is 5.82 Å². The first-order valence-electron chi connectivity index (χ1n) is 9.60. The van der Waals surface area contributed by atoms with Gasteiger partial charge in [0.15, 0.2) is 0 Å². The van der Waals surface area contributed by atoms with Crippen molar-refractivity contribution < 1.29 is 9.13 Å². The van der Waals surface area contributed by atoms with Crippen molar-refractivity contribution in [3.63, 3.8) is 0 Å². The molecule has 0 bridgehead atoms. The van der Waals surface area contributed by atoms with Gasteiger partial charge in [-0.2, -0.15) is 0 Å². The smallest absolute Gasteiger partial charge is 0.123 e. The lowest BCUT2D eigenvalue weighted by molar-refractivity contribution is 0.0818. The monoisotopic (exact) mass is 354 g/mol. The van der Waals surface area contributed by atoms with Gasteiger partial charge in [-0.25, -0.2) is 4.39 Å². The van der Waals surface area contributed by atoms with Gasteiger partial charge >= 0.3 is 0 Å². The Balaban J connectivity index is 1.46. The third-order valence-corrected chi connectivity index (χ3v) is 5.71. The summed E-state index contributed by atoms with van der Waals surface area (Å²) in [6.45, 7) is 5.37. The second-order valence-electron chi connectivity index (χ2n) is 7.46. The third kappa shape index (κ3) is 3.76. The van der Waals surface area contributed by atoms with Crippen LogP contribution >= 0.6 is 0 Å². The Morgan fingerprint density at radius 2 is 1.77 bits per heavy atom. The van der Waals surface area contributed by atoms with Gasteiger partial charge in [0.2, 0.25) is 0 Å². The van der Waals surface area contributed by atoms with Crippen LogP contribution in [0.5, 0.6) is 5.75 Å². The van der Waals surface area contributed by atoms with E-state index in [4.69, 9.17) is 4.74 Å². The molecule has 2 heterocycles. The van der Waals surface area contributed by atoms with Crippen LogP contribution in [0.2, 0.25) is 0 Å². The molecule has 0 aliphatic carbocycles. The minimum Gasteiger partial charge on any atom is -0.496 e. The van der Waals surface area contributed by atoms with E-state index in [1.54, 1.807) is 19.2 Å². The standard InChI is InChI=1S/C22H27FN2O/c1-26-22-9-4-17(14-19(22)16-24-11-2-3-12-24)15-25-13-10-21(25)18-5-7-20(23)8-6-18/h4-9,14,21H,2-3,10-13,15-16H2,1H3/t21-/m0/s1. The van der Waals surface area contributed by atoms with Crippen LogP contribution in [0.3, 0.4) is 0 Å². The SMILES string of the molecule is COc1ccc(CN2CC[C@H]2c2ccc(F)cc2)cc1CN1CCCC1. The minimum atomic E-state index is -0.165. The van der Waals surface area contributed by atoms with Crippen molar-refractivity contribution in [3.05, 3.63) is 65.0 Å².